The Kier molecular flexibility index (Phi) is 5.88. The second kappa shape index (κ2) is 9.34. The van der Waals surface area contributed by atoms with Crippen LogP contribution in [0, 0.1) is 0 Å². The molecule has 2 aromatic heterocycles. The first-order valence-electron chi connectivity index (χ1n) is 12.0. The van der Waals surface area contributed by atoms with Gasteiger partial charge in [-0.3, -0.25) is 14.2 Å². The van der Waals surface area contributed by atoms with Crippen LogP contribution in [-0.2, 0) is 4.79 Å². The number of aromatic nitrogens is 4. The fourth-order valence-electron chi connectivity index (χ4n) is 4.96. The van der Waals surface area contributed by atoms with Gasteiger partial charge in [-0.2, -0.15) is 5.10 Å². The standard InChI is InChI=1S/C26H26N6O3S/c1-35-22-10-6-5-9-21(22)29-11-13-30(14-12-29)23(33)15-19-17-36-26-28-24-20(25(34)31(19)26)16-27-32(24)18-7-3-2-4-8-18/h2-10,16,19H,11-15,17H2,1H3. The molecule has 0 saturated carbocycles. The maximum Gasteiger partial charge on any atom is 0.265 e. The highest BCUT2D eigenvalue weighted by Crippen LogP contribution is 2.34. The van der Waals surface area contributed by atoms with Crippen molar-refractivity contribution in [3.8, 4) is 11.4 Å². The predicted octanol–water partition coefficient (Wildman–Crippen LogP) is 2.98. The number of ether oxygens (including phenoxy) is 1. The Bertz CT molecular complexity index is 1480. The topological polar surface area (TPSA) is 85.5 Å². The van der Waals surface area contributed by atoms with E-state index in [4.69, 9.17) is 9.72 Å². The third kappa shape index (κ3) is 3.91. The fourth-order valence-corrected chi connectivity index (χ4v) is 6.09. The van der Waals surface area contributed by atoms with Crippen molar-refractivity contribution in [1.29, 1.82) is 0 Å². The lowest BCUT2D eigenvalue weighted by Gasteiger charge is -2.37. The van der Waals surface area contributed by atoms with Crippen LogP contribution >= 0.6 is 11.8 Å². The zero-order valence-electron chi connectivity index (χ0n) is 19.9. The van der Waals surface area contributed by atoms with E-state index in [1.807, 2.05) is 59.5 Å². The molecule has 4 heterocycles. The van der Waals surface area contributed by atoms with Gasteiger partial charge in [-0.05, 0) is 24.3 Å². The summed E-state index contributed by atoms with van der Waals surface area (Å²) in [6.07, 6.45) is 1.86. The molecule has 0 bridgehead atoms. The molecule has 0 spiro atoms. The number of hydrogen-bond donors (Lipinski definition) is 0. The Balaban J connectivity index is 1.18. The van der Waals surface area contributed by atoms with Crippen molar-refractivity contribution in [2.45, 2.75) is 17.6 Å². The molecule has 4 aromatic rings. The molecular formula is C26H26N6O3S. The SMILES string of the molecule is COc1ccccc1N1CCN(C(=O)CC2CSc3nc4c(cnn4-c4ccccc4)c(=O)n32)CC1. The number of carbonyl (C=O) groups excluding carboxylic acids is 1. The highest BCUT2D eigenvalue weighted by Gasteiger charge is 2.32. The van der Waals surface area contributed by atoms with Gasteiger partial charge in [-0.25, -0.2) is 9.67 Å². The maximum absolute atomic E-state index is 13.4. The second-order valence-corrected chi connectivity index (χ2v) is 9.89. The molecule has 2 aliphatic rings. The van der Waals surface area contributed by atoms with Crippen LogP contribution < -0.4 is 15.2 Å². The summed E-state index contributed by atoms with van der Waals surface area (Å²) in [6.45, 7) is 2.76. The Labute approximate surface area is 212 Å². The number of para-hydroxylation sites is 3. The first kappa shape index (κ1) is 22.7. The van der Waals surface area contributed by atoms with Crippen molar-refractivity contribution in [1.82, 2.24) is 24.2 Å². The van der Waals surface area contributed by atoms with E-state index in [-0.39, 0.29) is 23.9 Å². The molecule has 6 rings (SSSR count). The van der Waals surface area contributed by atoms with Crippen molar-refractivity contribution in [2.75, 3.05) is 43.9 Å². The Morgan fingerprint density at radius 1 is 1.06 bits per heavy atom. The van der Waals surface area contributed by atoms with Crippen LogP contribution in [0.3, 0.4) is 0 Å². The fraction of sp³-hybridized carbons (Fsp3) is 0.308. The molecule has 1 atom stereocenters. The van der Waals surface area contributed by atoms with Gasteiger partial charge in [0.15, 0.2) is 10.8 Å². The summed E-state index contributed by atoms with van der Waals surface area (Å²) in [5.74, 6) is 1.56. The molecule has 1 saturated heterocycles. The number of rotatable bonds is 5. The number of thioether (sulfide) groups is 1. The minimum atomic E-state index is -0.214. The van der Waals surface area contributed by atoms with E-state index in [0.29, 0.717) is 35.0 Å². The van der Waals surface area contributed by atoms with Gasteiger partial charge in [0.05, 0.1) is 30.7 Å². The Morgan fingerprint density at radius 3 is 2.58 bits per heavy atom. The molecular weight excluding hydrogens is 476 g/mol. The normalized spacial score (nSPS) is 17.4. The summed E-state index contributed by atoms with van der Waals surface area (Å²) in [5.41, 5.74) is 2.31. The van der Waals surface area contributed by atoms with E-state index in [0.717, 1.165) is 30.2 Å². The minimum Gasteiger partial charge on any atom is -0.495 e. The number of anilines is 1. The molecule has 1 amide bonds. The minimum absolute atomic E-state index is 0.0695. The quantitative estimate of drug-likeness (QED) is 0.388. The number of amides is 1. The number of benzene rings is 2. The second-order valence-electron chi connectivity index (χ2n) is 8.91. The predicted molar refractivity (Wildman–Crippen MR) is 139 cm³/mol. The van der Waals surface area contributed by atoms with Gasteiger partial charge in [0.2, 0.25) is 5.91 Å². The molecule has 0 N–H and O–H groups in total. The molecule has 184 valence electrons. The van der Waals surface area contributed by atoms with Crippen molar-refractivity contribution < 1.29 is 9.53 Å². The summed E-state index contributed by atoms with van der Waals surface area (Å²) in [7, 11) is 1.67. The molecule has 0 radical (unpaired) electrons. The van der Waals surface area contributed by atoms with Crippen LogP contribution in [0.15, 0.2) is 70.7 Å². The molecule has 0 aliphatic carbocycles. The summed E-state index contributed by atoms with van der Waals surface area (Å²) in [4.78, 5) is 35.5. The van der Waals surface area contributed by atoms with Gasteiger partial charge in [0.1, 0.15) is 11.1 Å². The van der Waals surface area contributed by atoms with Gasteiger partial charge in [0.25, 0.3) is 5.56 Å². The van der Waals surface area contributed by atoms with Crippen molar-refractivity contribution in [3.63, 3.8) is 0 Å². The number of fused-ring (bicyclic) bond motifs is 2. The van der Waals surface area contributed by atoms with Crippen molar-refractivity contribution >= 4 is 34.4 Å². The average Bonchev–Trinajstić information content (AvgIpc) is 3.54. The van der Waals surface area contributed by atoms with Crippen LogP contribution in [0.5, 0.6) is 5.75 Å². The molecule has 2 aliphatic heterocycles. The highest BCUT2D eigenvalue weighted by molar-refractivity contribution is 7.99. The zero-order chi connectivity index (χ0) is 24.6. The number of piperazine rings is 1. The third-order valence-corrected chi connectivity index (χ3v) is 7.94. The van der Waals surface area contributed by atoms with Gasteiger partial charge in [0, 0.05) is 38.4 Å². The average molecular weight is 503 g/mol. The third-order valence-electron chi connectivity index (χ3n) is 6.84. The summed E-state index contributed by atoms with van der Waals surface area (Å²) >= 11 is 1.52. The molecule has 2 aromatic carbocycles. The number of hydrogen-bond acceptors (Lipinski definition) is 7. The van der Waals surface area contributed by atoms with Crippen molar-refractivity contribution in [2.24, 2.45) is 0 Å². The van der Waals surface area contributed by atoms with Gasteiger partial charge in [-0.15, -0.1) is 0 Å². The maximum atomic E-state index is 13.4. The van der Waals surface area contributed by atoms with E-state index in [1.165, 1.54) is 11.8 Å². The van der Waals surface area contributed by atoms with Gasteiger partial charge in [-0.1, -0.05) is 42.1 Å². The van der Waals surface area contributed by atoms with Crippen molar-refractivity contribution in [3.05, 3.63) is 71.1 Å². The Morgan fingerprint density at radius 2 is 1.81 bits per heavy atom. The van der Waals surface area contributed by atoms with Crippen LogP contribution in [-0.4, -0.2) is 69.2 Å². The molecule has 10 heteroatoms. The molecule has 36 heavy (non-hydrogen) atoms. The zero-order valence-corrected chi connectivity index (χ0v) is 20.7. The summed E-state index contributed by atoms with van der Waals surface area (Å²) in [5, 5.41) is 5.52. The largest absolute Gasteiger partial charge is 0.495 e. The van der Waals surface area contributed by atoms with E-state index in [9.17, 15) is 9.59 Å². The Hall–Kier alpha value is -3.79. The number of carbonyl (C=O) groups is 1. The van der Waals surface area contributed by atoms with Crippen LogP contribution in [0.1, 0.15) is 12.5 Å². The van der Waals surface area contributed by atoms with E-state index < -0.39 is 0 Å². The van der Waals surface area contributed by atoms with Gasteiger partial charge >= 0.3 is 0 Å². The number of nitrogens with zero attached hydrogens (tertiary/aromatic N) is 6. The lowest BCUT2D eigenvalue weighted by molar-refractivity contribution is -0.132. The lowest BCUT2D eigenvalue weighted by Crippen LogP contribution is -2.49. The van der Waals surface area contributed by atoms with Gasteiger partial charge < -0.3 is 14.5 Å². The van der Waals surface area contributed by atoms with Crippen LogP contribution in [0.4, 0.5) is 5.69 Å². The first-order valence-corrected chi connectivity index (χ1v) is 13.0. The van der Waals surface area contributed by atoms with Crippen LogP contribution in [0.2, 0.25) is 0 Å². The highest BCUT2D eigenvalue weighted by atomic mass is 32.2. The van der Waals surface area contributed by atoms with E-state index >= 15 is 0 Å². The monoisotopic (exact) mass is 502 g/mol. The first-order chi connectivity index (χ1) is 17.6. The summed E-state index contributed by atoms with van der Waals surface area (Å²) < 4.78 is 8.87. The van der Waals surface area contributed by atoms with Crippen LogP contribution in [0.25, 0.3) is 16.7 Å². The molecule has 9 nitrogen and oxygen atoms in total. The summed E-state index contributed by atoms with van der Waals surface area (Å²) in [6, 6.07) is 17.4. The van der Waals surface area contributed by atoms with E-state index in [1.54, 1.807) is 22.6 Å². The molecule has 1 fully saturated rings. The molecule has 1 unspecified atom stereocenters. The smallest absolute Gasteiger partial charge is 0.265 e. The number of methoxy groups -OCH3 is 1. The van der Waals surface area contributed by atoms with E-state index in [2.05, 4.69) is 10.00 Å². The lowest BCUT2D eigenvalue weighted by atomic mass is 10.1.